The minimum absolute atomic E-state index is 0.0965. The summed E-state index contributed by atoms with van der Waals surface area (Å²) < 4.78 is 11.9. The van der Waals surface area contributed by atoms with E-state index < -0.39 is 0 Å². The van der Waals surface area contributed by atoms with Gasteiger partial charge in [-0.1, -0.05) is 5.10 Å². The molecule has 3 aromatic heterocycles. The highest BCUT2D eigenvalue weighted by Crippen LogP contribution is 2.34. The molecule has 1 aliphatic rings. The molecule has 1 amide bonds. The highest BCUT2D eigenvalue weighted by Gasteiger charge is 2.24. The number of carbonyl (C=O) groups excluding carboxylic acids is 1. The predicted octanol–water partition coefficient (Wildman–Crippen LogP) is 4.01. The van der Waals surface area contributed by atoms with Gasteiger partial charge in [-0.3, -0.25) is 15.1 Å². The smallest absolute Gasteiger partial charge is 0.296 e. The number of amides is 1. The van der Waals surface area contributed by atoms with Gasteiger partial charge < -0.3 is 14.6 Å². The monoisotopic (exact) mass is 519 g/mol. The van der Waals surface area contributed by atoms with E-state index in [1.807, 2.05) is 13.0 Å². The molecule has 2 atom stereocenters. The molecule has 0 aromatic carbocycles. The standard InChI is InChI=1S/C21H22BrN5O4S/c1-11-6-14(15-8-18(22)24-10-17(15)30-2)16(9-23-11)19(29)25-20-26-27-21(32-20)31-13-5-3-4-12(28)7-13/h6,8-10,12-13,28H,3-5,7H2,1-2H3,(H,25,26,29)/t12-,13+/m0/s1. The zero-order chi connectivity index (χ0) is 22.7. The Balaban J connectivity index is 1.55. The van der Waals surface area contributed by atoms with Crippen LogP contribution >= 0.6 is 27.3 Å². The number of anilines is 1. The first-order chi connectivity index (χ1) is 15.4. The summed E-state index contributed by atoms with van der Waals surface area (Å²) in [6, 6.07) is 3.61. The van der Waals surface area contributed by atoms with Crippen molar-refractivity contribution in [1.82, 2.24) is 20.2 Å². The van der Waals surface area contributed by atoms with Crippen LogP contribution in [0, 0.1) is 6.92 Å². The fourth-order valence-electron chi connectivity index (χ4n) is 3.60. The van der Waals surface area contributed by atoms with Crippen molar-refractivity contribution in [3.63, 3.8) is 0 Å². The Bertz CT molecular complexity index is 1130. The summed E-state index contributed by atoms with van der Waals surface area (Å²) in [4.78, 5) is 21.6. The van der Waals surface area contributed by atoms with Crippen LogP contribution in [0.25, 0.3) is 11.1 Å². The van der Waals surface area contributed by atoms with Gasteiger partial charge in [0, 0.05) is 29.4 Å². The van der Waals surface area contributed by atoms with E-state index in [9.17, 15) is 9.90 Å². The maximum absolute atomic E-state index is 13.1. The molecule has 3 heterocycles. The average Bonchev–Trinajstić information content (AvgIpc) is 3.20. The van der Waals surface area contributed by atoms with Crippen LogP contribution in [0.5, 0.6) is 10.9 Å². The molecule has 168 valence electrons. The van der Waals surface area contributed by atoms with Crippen LogP contribution in [0.3, 0.4) is 0 Å². The lowest BCUT2D eigenvalue weighted by molar-refractivity contribution is 0.0531. The molecule has 32 heavy (non-hydrogen) atoms. The molecule has 0 spiro atoms. The van der Waals surface area contributed by atoms with E-state index in [1.165, 1.54) is 6.20 Å². The zero-order valence-electron chi connectivity index (χ0n) is 17.5. The van der Waals surface area contributed by atoms with Crippen molar-refractivity contribution in [1.29, 1.82) is 0 Å². The number of halogens is 1. The van der Waals surface area contributed by atoms with E-state index >= 15 is 0 Å². The molecule has 1 saturated carbocycles. The number of rotatable bonds is 6. The molecule has 1 aliphatic carbocycles. The van der Waals surface area contributed by atoms with Crippen LogP contribution < -0.4 is 14.8 Å². The maximum Gasteiger partial charge on any atom is 0.296 e. The zero-order valence-corrected chi connectivity index (χ0v) is 19.9. The van der Waals surface area contributed by atoms with Crippen LogP contribution in [0.2, 0.25) is 0 Å². The van der Waals surface area contributed by atoms with Crippen molar-refractivity contribution in [2.24, 2.45) is 0 Å². The molecule has 2 N–H and O–H groups in total. The van der Waals surface area contributed by atoms with Crippen LogP contribution in [-0.4, -0.2) is 50.5 Å². The summed E-state index contributed by atoms with van der Waals surface area (Å²) in [5.41, 5.74) is 2.49. The fraction of sp³-hybridized carbons (Fsp3) is 0.381. The largest absolute Gasteiger partial charge is 0.494 e. The van der Waals surface area contributed by atoms with Crippen molar-refractivity contribution in [2.45, 2.75) is 44.8 Å². The summed E-state index contributed by atoms with van der Waals surface area (Å²) >= 11 is 4.52. The maximum atomic E-state index is 13.1. The number of ether oxygens (including phenoxy) is 2. The highest BCUT2D eigenvalue weighted by atomic mass is 79.9. The number of aliphatic hydroxyl groups excluding tert-OH is 1. The Kier molecular flexibility index (Phi) is 6.97. The summed E-state index contributed by atoms with van der Waals surface area (Å²) in [6.45, 7) is 1.85. The first kappa shape index (κ1) is 22.6. The molecular weight excluding hydrogens is 498 g/mol. The Hall–Kier alpha value is -2.63. The van der Waals surface area contributed by atoms with Crippen LogP contribution in [-0.2, 0) is 0 Å². The Labute approximate surface area is 197 Å². The molecule has 0 bridgehead atoms. The number of nitrogens with one attached hydrogen (secondary N) is 1. The number of aromatic nitrogens is 4. The van der Waals surface area contributed by atoms with E-state index in [1.54, 1.807) is 19.4 Å². The van der Waals surface area contributed by atoms with Gasteiger partial charge in [0.25, 0.3) is 11.1 Å². The molecule has 3 aromatic rings. The molecule has 0 saturated heterocycles. The van der Waals surface area contributed by atoms with E-state index in [0.717, 1.165) is 36.3 Å². The molecular formula is C21H22BrN5O4S. The number of aryl methyl sites for hydroxylation is 1. The SMILES string of the molecule is COc1cnc(Br)cc1-c1cc(C)ncc1C(=O)Nc1nnc(O[C@@H]2CCC[C@H](O)C2)s1. The van der Waals surface area contributed by atoms with Gasteiger partial charge in [0.05, 0.1) is 25.0 Å². The first-order valence-corrected chi connectivity index (χ1v) is 11.7. The van der Waals surface area contributed by atoms with Crippen molar-refractivity contribution in [2.75, 3.05) is 12.4 Å². The van der Waals surface area contributed by atoms with Crippen LogP contribution in [0.4, 0.5) is 5.13 Å². The topological polar surface area (TPSA) is 119 Å². The first-order valence-electron chi connectivity index (χ1n) is 10.1. The lowest BCUT2D eigenvalue weighted by Crippen LogP contribution is -2.28. The number of methoxy groups -OCH3 is 1. The third kappa shape index (κ3) is 5.22. The molecule has 0 aliphatic heterocycles. The number of pyridine rings is 2. The Morgan fingerprint density at radius 3 is 2.84 bits per heavy atom. The summed E-state index contributed by atoms with van der Waals surface area (Å²) in [6.07, 6.45) is 5.81. The average molecular weight is 520 g/mol. The van der Waals surface area contributed by atoms with Crippen LogP contribution in [0.15, 0.2) is 29.1 Å². The van der Waals surface area contributed by atoms with Gasteiger partial charge in [0.2, 0.25) is 5.13 Å². The Morgan fingerprint density at radius 1 is 1.22 bits per heavy atom. The highest BCUT2D eigenvalue weighted by molar-refractivity contribution is 9.10. The van der Waals surface area contributed by atoms with E-state index in [4.69, 9.17) is 9.47 Å². The lowest BCUT2D eigenvalue weighted by Gasteiger charge is -2.25. The number of aliphatic hydroxyl groups is 1. The van der Waals surface area contributed by atoms with Gasteiger partial charge in [-0.05, 0) is 65.6 Å². The quantitative estimate of drug-likeness (QED) is 0.468. The van der Waals surface area contributed by atoms with Crippen molar-refractivity contribution >= 4 is 38.3 Å². The summed E-state index contributed by atoms with van der Waals surface area (Å²) in [7, 11) is 1.55. The van der Waals surface area contributed by atoms with E-state index in [2.05, 4.69) is 41.4 Å². The van der Waals surface area contributed by atoms with Crippen molar-refractivity contribution in [3.8, 4) is 22.1 Å². The number of hydrogen-bond acceptors (Lipinski definition) is 9. The van der Waals surface area contributed by atoms with Gasteiger partial charge in [0.1, 0.15) is 16.5 Å². The fourth-order valence-corrected chi connectivity index (χ4v) is 4.58. The van der Waals surface area contributed by atoms with Crippen molar-refractivity contribution < 1.29 is 19.4 Å². The van der Waals surface area contributed by atoms with Crippen molar-refractivity contribution in [3.05, 3.63) is 40.4 Å². The lowest BCUT2D eigenvalue weighted by atomic mass is 9.95. The molecule has 0 radical (unpaired) electrons. The molecule has 4 rings (SSSR count). The summed E-state index contributed by atoms with van der Waals surface area (Å²) in [5, 5.41) is 21.3. The minimum atomic E-state index is -0.377. The number of hydrogen-bond donors (Lipinski definition) is 2. The van der Waals surface area contributed by atoms with E-state index in [-0.39, 0.29) is 18.1 Å². The van der Waals surface area contributed by atoms with Gasteiger partial charge in [-0.15, -0.1) is 5.10 Å². The third-order valence-corrected chi connectivity index (χ3v) is 6.29. The van der Waals surface area contributed by atoms with Gasteiger partial charge in [-0.2, -0.15) is 0 Å². The van der Waals surface area contributed by atoms with Gasteiger partial charge in [-0.25, -0.2) is 4.98 Å². The molecule has 0 unspecified atom stereocenters. The van der Waals surface area contributed by atoms with Crippen LogP contribution in [0.1, 0.15) is 41.7 Å². The summed E-state index contributed by atoms with van der Waals surface area (Å²) in [5.74, 6) is 0.160. The second kappa shape index (κ2) is 9.88. The number of carbonyl (C=O) groups is 1. The Morgan fingerprint density at radius 2 is 2.06 bits per heavy atom. The second-order valence-electron chi connectivity index (χ2n) is 7.47. The number of nitrogens with zero attached hydrogens (tertiary/aromatic N) is 4. The van der Waals surface area contributed by atoms with Gasteiger partial charge >= 0.3 is 0 Å². The minimum Gasteiger partial charge on any atom is -0.494 e. The predicted molar refractivity (Wildman–Crippen MR) is 123 cm³/mol. The molecule has 9 nitrogen and oxygen atoms in total. The molecule has 11 heteroatoms. The van der Waals surface area contributed by atoms with E-state index in [0.29, 0.717) is 43.8 Å². The third-order valence-electron chi connectivity index (χ3n) is 5.12. The normalized spacial score (nSPS) is 18.2. The van der Waals surface area contributed by atoms with Gasteiger partial charge in [0.15, 0.2) is 0 Å². The molecule has 1 fully saturated rings. The second-order valence-corrected chi connectivity index (χ2v) is 9.22.